The zero-order chi connectivity index (χ0) is 17.6. The molecule has 1 heterocycles. The van der Waals surface area contributed by atoms with Gasteiger partial charge in [0, 0.05) is 28.8 Å². The summed E-state index contributed by atoms with van der Waals surface area (Å²) in [6, 6.07) is 16.3. The molecule has 0 saturated carbocycles. The molecule has 1 aliphatic rings. The van der Waals surface area contributed by atoms with Gasteiger partial charge in [0.15, 0.2) is 0 Å². The van der Waals surface area contributed by atoms with Crippen molar-refractivity contribution in [2.75, 3.05) is 30.3 Å². The van der Waals surface area contributed by atoms with Gasteiger partial charge in [0.2, 0.25) is 5.91 Å². The Bertz CT molecular complexity index is 689. The van der Waals surface area contributed by atoms with Crippen molar-refractivity contribution < 1.29 is 9.18 Å². The number of para-hydroxylation sites is 1. The van der Waals surface area contributed by atoms with Crippen LogP contribution in [-0.2, 0) is 4.79 Å². The third-order valence-corrected chi connectivity index (χ3v) is 5.63. The molecular formula is C20H23FN2OS. The molecule has 0 radical (unpaired) electrons. The SMILES string of the molecule is CC(C(=O)N(CCSc1ccc(F)cc1)c1ccccc1)C1CNC1. The van der Waals surface area contributed by atoms with Crippen molar-refractivity contribution in [2.45, 2.75) is 11.8 Å². The summed E-state index contributed by atoms with van der Waals surface area (Å²) < 4.78 is 13.0. The Balaban J connectivity index is 1.65. The van der Waals surface area contributed by atoms with Crippen LogP contribution in [0.3, 0.4) is 0 Å². The topological polar surface area (TPSA) is 32.3 Å². The lowest BCUT2D eigenvalue weighted by molar-refractivity contribution is -0.124. The highest BCUT2D eigenvalue weighted by Gasteiger charge is 2.32. The number of carbonyl (C=O) groups is 1. The summed E-state index contributed by atoms with van der Waals surface area (Å²) in [5, 5.41) is 3.24. The van der Waals surface area contributed by atoms with Crippen molar-refractivity contribution in [1.29, 1.82) is 0 Å². The van der Waals surface area contributed by atoms with E-state index in [-0.39, 0.29) is 17.6 Å². The molecule has 0 aliphatic carbocycles. The average molecular weight is 358 g/mol. The third-order valence-electron chi connectivity index (χ3n) is 4.64. The van der Waals surface area contributed by atoms with Crippen molar-refractivity contribution in [3.05, 3.63) is 60.4 Å². The van der Waals surface area contributed by atoms with E-state index in [1.165, 1.54) is 12.1 Å². The number of hydrogen-bond acceptors (Lipinski definition) is 3. The van der Waals surface area contributed by atoms with Crippen molar-refractivity contribution in [1.82, 2.24) is 5.32 Å². The Morgan fingerprint density at radius 1 is 1.20 bits per heavy atom. The molecule has 0 spiro atoms. The first-order valence-corrected chi connectivity index (χ1v) is 9.59. The summed E-state index contributed by atoms with van der Waals surface area (Å²) in [7, 11) is 0. The highest BCUT2D eigenvalue weighted by atomic mass is 32.2. The van der Waals surface area contributed by atoms with Crippen LogP contribution in [0.2, 0.25) is 0 Å². The Hall–Kier alpha value is -1.85. The molecule has 3 rings (SSSR count). The van der Waals surface area contributed by atoms with Crippen LogP contribution in [-0.4, -0.2) is 31.3 Å². The number of amides is 1. The molecule has 2 aromatic rings. The first-order valence-electron chi connectivity index (χ1n) is 8.60. The van der Waals surface area contributed by atoms with Gasteiger partial charge in [-0.1, -0.05) is 25.1 Å². The van der Waals surface area contributed by atoms with E-state index in [2.05, 4.69) is 5.32 Å². The van der Waals surface area contributed by atoms with E-state index in [1.807, 2.05) is 42.2 Å². The first-order chi connectivity index (χ1) is 12.1. The van der Waals surface area contributed by atoms with E-state index in [4.69, 9.17) is 0 Å². The second-order valence-corrected chi connectivity index (χ2v) is 7.50. The number of nitrogens with one attached hydrogen (secondary N) is 1. The number of halogens is 1. The molecular weight excluding hydrogens is 335 g/mol. The van der Waals surface area contributed by atoms with Gasteiger partial charge < -0.3 is 10.2 Å². The van der Waals surface area contributed by atoms with Crippen LogP contribution in [0.4, 0.5) is 10.1 Å². The predicted octanol–water partition coefficient (Wildman–Crippen LogP) is 3.81. The minimum absolute atomic E-state index is 0.0114. The number of thioether (sulfide) groups is 1. The van der Waals surface area contributed by atoms with E-state index in [1.54, 1.807) is 23.9 Å². The first kappa shape index (κ1) is 18.0. The summed E-state index contributed by atoms with van der Waals surface area (Å²) in [5.74, 6) is 1.15. The third kappa shape index (κ3) is 4.61. The fourth-order valence-corrected chi connectivity index (χ4v) is 3.71. The van der Waals surface area contributed by atoms with Crippen LogP contribution >= 0.6 is 11.8 Å². The van der Waals surface area contributed by atoms with E-state index in [0.717, 1.165) is 29.4 Å². The lowest BCUT2D eigenvalue weighted by atomic mass is 9.88. The number of rotatable bonds is 7. The molecule has 1 atom stereocenters. The van der Waals surface area contributed by atoms with E-state index < -0.39 is 0 Å². The van der Waals surface area contributed by atoms with Gasteiger partial charge in [0.25, 0.3) is 0 Å². The number of nitrogens with zero attached hydrogens (tertiary/aromatic N) is 1. The molecule has 1 saturated heterocycles. The molecule has 0 aromatic heterocycles. The molecule has 132 valence electrons. The standard InChI is InChI=1S/C20H23FN2OS/c1-15(16-13-22-14-16)20(24)23(18-5-3-2-4-6-18)11-12-25-19-9-7-17(21)8-10-19/h2-10,15-16,22H,11-14H2,1H3. The highest BCUT2D eigenvalue weighted by Crippen LogP contribution is 2.24. The Morgan fingerprint density at radius 2 is 1.88 bits per heavy atom. The van der Waals surface area contributed by atoms with Crippen molar-refractivity contribution >= 4 is 23.4 Å². The molecule has 1 unspecified atom stereocenters. The summed E-state index contributed by atoms with van der Waals surface area (Å²) in [6.07, 6.45) is 0. The molecule has 1 fully saturated rings. The zero-order valence-corrected chi connectivity index (χ0v) is 15.1. The second kappa shape index (κ2) is 8.50. The van der Waals surface area contributed by atoms with Crippen molar-refractivity contribution in [2.24, 2.45) is 11.8 Å². The predicted molar refractivity (Wildman–Crippen MR) is 101 cm³/mol. The van der Waals surface area contributed by atoms with Gasteiger partial charge in [0.05, 0.1) is 0 Å². The van der Waals surface area contributed by atoms with Crippen LogP contribution in [0, 0.1) is 17.7 Å². The largest absolute Gasteiger partial charge is 0.316 e. The molecule has 1 amide bonds. The smallest absolute Gasteiger partial charge is 0.230 e. The zero-order valence-electron chi connectivity index (χ0n) is 14.3. The van der Waals surface area contributed by atoms with Crippen LogP contribution in [0.25, 0.3) is 0 Å². The summed E-state index contributed by atoms with van der Waals surface area (Å²) in [5.41, 5.74) is 0.936. The Morgan fingerprint density at radius 3 is 2.48 bits per heavy atom. The molecule has 0 bridgehead atoms. The van der Waals surface area contributed by atoms with E-state index >= 15 is 0 Å². The van der Waals surface area contributed by atoms with Crippen LogP contribution < -0.4 is 10.2 Å². The highest BCUT2D eigenvalue weighted by molar-refractivity contribution is 7.99. The van der Waals surface area contributed by atoms with Crippen LogP contribution in [0.1, 0.15) is 6.92 Å². The van der Waals surface area contributed by atoms with Crippen molar-refractivity contribution in [3.63, 3.8) is 0 Å². The Kier molecular flexibility index (Phi) is 6.10. The maximum atomic E-state index is 13.0. The summed E-state index contributed by atoms with van der Waals surface area (Å²) >= 11 is 1.64. The molecule has 1 aliphatic heterocycles. The van der Waals surface area contributed by atoms with E-state index in [9.17, 15) is 9.18 Å². The minimum Gasteiger partial charge on any atom is -0.316 e. The van der Waals surface area contributed by atoms with Gasteiger partial charge >= 0.3 is 0 Å². The Labute approximate surface area is 152 Å². The van der Waals surface area contributed by atoms with Gasteiger partial charge in [0.1, 0.15) is 5.82 Å². The number of anilines is 1. The summed E-state index contributed by atoms with van der Waals surface area (Å²) in [6.45, 7) is 4.49. The number of benzene rings is 2. The quantitative estimate of drug-likeness (QED) is 0.764. The van der Waals surface area contributed by atoms with Gasteiger partial charge in [-0.2, -0.15) is 0 Å². The average Bonchev–Trinajstić information content (AvgIpc) is 2.59. The van der Waals surface area contributed by atoms with Gasteiger partial charge in [-0.05, 0) is 55.4 Å². The monoisotopic (exact) mass is 358 g/mol. The van der Waals surface area contributed by atoms with E-state index in [0.29, 0.717) is 12.5 Å². The van der Waals surface area contributed by atoms with Crippen molar-refractivity contribution in [3.8, 4) is 0 Å². The fourth-order valence-electron chi connectivity index (χ4n) is 2.87. The van der Waals surface area contributed by atoms with Gasteiger partial charge in [-0.3, -0.25) is 4.79 Å². The maximum absolute atomic E-state index is 13.0. The molecule has 25 heavy (non-hydrogen) atoms. The summed E-state index contributed by atoms with van der Waals surface area (Å²) in [4.78, 5) is 15.9. The minimum atomic E-state index is -0.228. The normalized spacial score (nSPS) is 15.4. The molecule has 1 N–H and O–H groups in total. The van der Waals surface area contributed by atoms with Gasteiger partial charge in [-0.15, -0.1) is 11.8 Å². The van der Waals surface area contributed by atoms with Crippen LogP contribution in [0.5, 0.6) is 0 Å². The number of hydrogen-bond donors (Lipinski definition) is 1. The molecule has 2 aromatic carbocycles. The second-order valence-electron chi connectivity index (χ2n) is 6.33. The number of carbonyl (C=O) groups excluding carboxylic acids is 1. The van der Waals surface area contributed by atoms with Gasteiger partial charge in [-0.25, -0.2) is 4.39 Å². The van der Waals surface area contributed by atoms with Crippen LogP contribution in [0.15, 0.2) is 59.5 Å². The lowest BCUT2D eigenvalue weighted by Gasteiger charge is -2.35. The molecule has 5 heteroatoms. The maximum Gasteiger partial charge on any atom is 0.230 e. The molecule has 3 nitrogen and oxygen atoms in total. The lowest BCUT2D eigenvalue weighted by Crippen LogP contribution is -2.50. The fraction of sp³-hybridized carbons (Fsp3) is 0.350.